The molecular formula is C66H44N2. The van der Waals surface area contributed by atoms with Gasteiger partial charge in [-0.2, -0.15) is 0 Å². The van der Waals surface area contributed by atoms with Crippen molar-refractivity contribution >= 4 is 49.4 Å². The van der Waals surface area contributed by atoms with Crippen LogP contribution in [0.1, 0.15) is 44.5 Å². The summed E-state index contributed by atoms with van der Waals surface area (Å²) in [5.74, 6) is 0. The summed E-state index contributed by atoms with van der Waals surface area (Å²) >= 11 is 0. The number of anilines is 3. The lowest BCUT2D eigenvalue weighted by Gasteiger charge is -2.34. The second kappa shape index (κ2) is 14.6. The molecule has 0 saturated heterocycles. The van der Waals surface area contributed by atoms with Gasteiger partial charge in [-0.1, -0.05) is 224 Å². The fourth-order valence-electron chi connectivity index (χ4n) is 12.5. The SMILES string of the molecule is Nc1ccc2ccc3c(Nc4ccc(C5(c6ccccc6)c6ccccc6-c6ccccc65)cc4)cc(-c4ccc(C5(c6ccccc6)c6ccccc6-c6ccccc65)cc4)c4ccc1c2c34. The van der Waals surface area contributed by atoms with Gasteiger partial charge in [0.2, 0.25) is 0 Å². The number of nitrogens with one attached hydrogen (secondary N) is 1. The molecular weight excluding hydrogens is 821 g/mol. The van der Waals surface area contributed by atoms with Crippen LogP contribution in [0.4, 0.5) is 17.1 Å². The third kappa shape index (κ3) is 5.23. The number of nitrogen functional groups attached to an aromatic ring is 1. The van der Waals surface area contributed by atoms with Crippen molar-refractivity contribution in [2.45, 2.75) is 10.8 Å². The molecule has 0 heterocycles. The Balaban J connectivity index is 0.932. The summed E-state index contributed by atoms with van der Waals surface area (Å²) < 4.78 is 0. The molecule has 3 N–H and O–H groups in total. The van der Waals surface area contributed by atoms with Gasteiger partial charge >= 0.3 is 0 Å². The highest BCUT2D eigenvalue weighted by molar-refractivity contribution is 6.29. The topological polar surface area (TPSA) is 38.0 Å². The van der Waals surface area contributed by atoms with E-state index < -0.39 is 10.8 Å². The van der Waals surface area contributed by atoms with E-state index in [-0.39, 0.29) is 0 Å². The van der Waals surface area contributed by atoms with Gasteiger partial charge < -0.3 is 11.1 Å². The first kappa shape index (κ1) is 38.5. The molecule has 0 bridgehead atoms. The smallest absolute Gasteiger partial charge is 0.0713 e. The van der Waals surface area contributed by atoms with Gasteiger partial charge in [0.1, 0.15) is 0 Å². The van der Waals surface area contributed by atoms with E-state index >= 15 is 0 Å². The molecule has 2 heteroatoms. The van der Waals surface area contributed by atoms with E-state index in [1.165, 1.54) is 93.9 Å². The minimum absolute atomic E-state index is 0.457. The van der Waals surface area contributed by atoms with Crippen molar-refractivity contribution in [3.05, 3.63) is 293 Å². The predicted molar refractivity (Wildman–Crippen MR) is 284 cm³/mol. The molecule has 0 atom stereocenters. The third-order valence-corrected chi connectivity index (χ3v) is 15.4. The first-order valence-corrected chi connectivity index (χ1v) is 23.6. The summed E-state index contributed by atoms with van der Waals surface area (Å²) in [6, 6.07) is 91.9. The molecule has 12 aromatic carbocycles. The van der Waals surface area contributed by atoms with Gasteiger partial charge in [0.25, 0.3) is 0 Å². The lowest BCUT2D eigenvalue weighted by Crippen LogP contribution is -2.28. The molecule has 68 heavy (non-hydrogen) atoms. The Kier molecular flexibility index (Phi) is 8.30. The van der Waals surface area contributed by atoms with Gasteiger partial charge in [0, 0.05) is 33.2 Å². The molecule has 2 aliphatic carbocycles. The maximum Gasteiger partial charge on any atom is 0.0713 e. The van der Waals surface area contributed by atoms with Crippen LogP contribution in [0.25, 0.3) is 65.7 Å². The first-order chi connectivity index (χ1) is 33.6. The minimum Gasteiger partial charge on any atom is -0.398 e. The van der Waals surface area contributed by atoms with Crippen LogP contribution in [0.15, 0.2) is 249 Å². The first-order valence-electron chi connectivity index (χ1n) is 23.6. The van der Waals surface area contributed by atoms with Crippen molar-refractivity contribution in [3.8, 4) is 33.4 Å². The molecule has 318 valence electrons. The van der Waals surface area contributed by atoms with Gasteiger partial charge in [-0.15, -0.1) is 0 Å². The van der Waals surface area contributed by atoms with E-state index in [0.29, 0.717) is 0 Å². The monoisotopic (exact) mass is 864 g/mol. The summed E-state index contributed by atoms with van der Waals surface area (Å²) in [7, 11) is 0. The molecule has 0 saturated carbocycles. The van der Waals surface area contributed by atoms with Crippen molar-refractivity contribution in [3.63, 3.8) is 0 Å². The lowest BCUT2D eigenvalue weighted by atomic mass is 9.67. The van der Waals surface area contributed by atoms with E-state index in [1.54, 1.807) is 0 Å². The number of nitrogens with two attached hydrogens (primary N) is 1. The van der Waals surface area contributed by atoms with Crippen LogP contribution in [-0.4, -0.2) is 0 Å². The molecule has 0 aliphatic heterocycles. The molecule has 0 aromatic heterocycles. The molecule has 14 rings (SSSR count). The Morgan fingerprint density at radius 3 is 1.24 bits per heavy atom. The number of fused-ring (bicyclic) bond motifs is 6. The van der Waals surface area contributed by atoms with Crippen molar-refractivity contribution in [2.24, 2.45) is 0 Å². The summed E-state index contributed by atoms with van der Waals surface area (Å²) in [5, 5.41) is 11.0. The van der Waals surface area contributed by atoms with Crippen LogP contribution < -0.4 is 11.1 Å². The highest BCUT2D eigenvalue weighted by Crippen LogP contribution is 2.58. The van der Waals surface area contributed by atoms with E-state index in [2.05, 4.69) is 248 Å². The van der Waals surface area contributed by atoms with Crippen LogP contribution >= 0.6 is 0 Å². The molecule has 0 spiro atoms. The van der Waals surface area contributed by atoms with E-state index in [9.17, 15) is 0 Å². The number of benzene rings is 12. The lowest BCUT2D eigenvalue weighted by molar-refractivity contribution is 0.768. The highest BCUT2D eigenvalue weighted by atomic mass is 14.9. The maximum atomic E-state index is 6.74. The van der Waals surface area contributed by atoms with Crippen molar-refractivity contribution in [1.29, 1.82) is 0 Å². The Labute approximate surface area is 396 Å². The fourth-order valence-corrected chi connectivity index (χ4v) is 12.5. The normalized spacial score (nSPS) is 13.9. The number of hydrogen-bond donors (Lipinski definition) is 2. The number of hydrogen-bond acceptors (Lipinski definition) is 2. The van der Waals surface area contributed by atoms with E-state index in [4.69, 9.17) is 5.73 Å². The molecule has 2 nitrogen and oxygen atoms in total. The van der Waals surface area contributed by atoms with Crippen molar-refractivity contribution in [2.75, 3.05) is 11.1 Å². The molecule has 12 aromatic rings. The zero-order valence-corrected chi connectivity index (χ0v) is 37.2. The quantitative estimate of drug-likeness (QED) is 0.124. The third-order valence-electron chi connectivity index (χ3n) is 15.4. The second-order valence-corrected chi connectivity index (χ2v) is 18.6. The average molecular weight is 865 g/mol. The van der Waals surface area contributed by atoms with Gasteiger partial charge in [-0.3, -0.25) is 0 Å². The Morgan fingerprint density at radius 1 is 0.309 bits per heavy atom. The van der Waals surface area contributed by atoms with Crippen LogP contribution in [0, 0.1) is 0 Å². The van der Waals surface area contributed by atoms with Crippen molar-refractivity contribution < 1.29 is 0 Å². The summed E-state index contributed by atoms with van der Waals surface area (Å²) in [6.07, 6.45) is 0. The van der Waals surface area contributed by atoms with Crippen LogP contribution in [-0.2, 0) is 10.8 Å². The molecule has 0 amide bonds. The number of rotatable bonds is 7. The van der Waals surface area contributed by atoms with Crippen LogP contribution in [0.3, 0.4) is 0 Å². The predicted octanol–water partition coefficient (Wildman–Crippen LogP) is 16.3. The maximum absolute atomic E-state index is 6.74. The van der Waals surface area contributed by atoms with E-state index in [1.807, 2.05) is 6.07 Å². The van der Waals surface area contributed by atoms with Crippen LogP contribution in [0.2, 0.25) is 0 Å². The minimum atomic E-state index is -0.464. The Bertz CT molecular complexity index is 3830. The fraction of sp³-hybridized carbons (Fsp3) is 0.0303. The zero-order chi connectivity index (χ0) is 45.0. The summed E-state index contributed by atoms with van der Waals surface area (Å²) in [6.45, 7) is 0. The average Bonchev–Trinajstić information content (AvgIpc) is 3.88. The van der Waals surface area contributed by atoms with Gasteiger partial charge in [0.15, 0.2) is 0 Å². The Hall–Kier alpha value is -8.72. The second-order valence-electron chi connectivity index (χ2n) is 18.6. The standard InChI is InChI=1S/C66H44N2/c67-61-40-30-43-29-37-55-62(68-48-35-33-47(34-36-48)66(45-17-5-2-6-18-45)59-25-13-9-21-51(59)52-22-10-14-26-60(52)66)41-56(53-38-39-54(61)63(43)64(53)55)42-27-31-46(32-28-42)65(44-15-3-1-4-16-44)57-23-11-7-19-49(57)50-20-8-12-24-58(50)65/h1-41,68H,67H2. The summed E-state index contributed by atoms with van der Waals surface area (Å²) in [4.78, 5) is 0. The van der Waals surface area contributed by atoms with Gasteiger partial charge in [0.05, 0.1) is 10.8 Å². The molecule has 0 unspecified atom stereocenters. The summed E-state index contributed by atoms with van der Waals surface area (Å²) in [5.41, 5.74) is 26.4. The Morgan fingerprint density at radius 2 is 0.721 bits per heavy atom. The molecule has 2 aliphatic rings. The van der Waals surface area contributed by atoms with Crippen molar-refractivity contribution in [1.82, 2.24) is 0 Å². The highest BCUT2D eigenvalue weighted by Gasteiger charge is 2.47. The van der Waals surface area contributed by atoms with E-state index in [0.717, 1.165) is 33.4 Å². The molecule has 0 radical (unpaired) electrons. The van der Waals surface area contributed by atoms with Gasteiger partial charge in [-0.25, -0.2) is 0 Å². The largest absolute Gasteiger partial charge is 0.398 e. The van der Waals surface area contributed by atoms with Gasteiger partial charge in [-0.05, 0) is 118 Å². The van der Waals surface area contributed by atoms with Crippen LogP contribution in [0.5, 0.6) is 0 Å². The molecule has 0 fully saturated rings. The zero-order valence-electron chi connectivity index (χ0n) is 37.2.